The summed E-state index contributed by atoms with van der Waals surface area (Å²) in [6.45, 7) is 0. The Hall–Kier alpha value is -1.42. The van der Waals surface area contributed by atoms with E-state index in [1.165, 1.54) is 25.0 Å². The number of hydrogen-bond donors (Lipinski definition) is 2. The van der Waals surface area contributed by atoms with Gasteiger partial charge >= 0.3 is 0 Å². The lowest BCUT2D eigenvalue weighted by molar-refractivity contribution is -0.128. The number of nitrogens with one attached hydrogen (secondary N) is 1. The second-order valence-corrected chi connectivity index (χ2v) is 6.69. The average Bonchev–Trinajstić information content (AvgIpc) is 3.16. The predicted octanol–water partition coefficient (Wildman–Crippen LogP) is 3.33. The molecule has 0 saturated heterocycles. The van der Waals surface area contributed by atoms with Crippen LogP contribution in [0.4, 0.5) is 4.39 Å². The summed E-state index contributed by atoms with van der Waals surface area (Å²) in [6, 6.07) is 6.39. The summed E-state index contributed by atoms with van der Waals surface area (Å²) in [7, 11) is 0. The quantitative estimate of drug-likeness (QED) is 0.896. The highest BCUT2D eigenvalue weighted by molar-refractivity contribution is 5.80. The maximum absolute atomic E-state index is 13.6. The molecule has 0 bridgehead atoms. The molecule has 2 fully saturated rings. The van der Waals surface area contributed by atoms with E-state index in [4.69, 9.17) is 0 Å². The van der Waals surface area contributed by atoms with Crippen LogP contribution in [-0.2, 0) is 4.79 Å². The summed E-state index contributed by atoms with van der Waals surface area (Å²) in [5.74, 6) is -0.288. The Morgan fingerprint density at radius 2 is 1.95 bits per heavy atom. The summed E-state index contributed by atoms with van der Waals surface area (Å²) in [5, 5.41) is 13.0. The molecule has 1 aromatic rings. The van der Waals surface area contributed by atoms with Crippen molar-refractivity contribution in [3.8, 4) is 0 Å². The van der Waals surface area contributed by atoms with E-state index in [0.717, 1.165) is 31.2 Å². The Balaban J connectivity index is 1.78. The topological polar surface area (TPSA) is 49.3 Å². The number of hydrogen-bond acceptors (Lipinski definition) is 2. The third-order valence-corrected chi connectivity index (χ3v) is 5.19. The molecule has 0 radical (unpaired) electrons. The van der Waals surface area contributed by atoms with Crippen LogP contribution in [0, 0.1) is 17.7 Å². The maximum atomic E-state index is 13.6. The van der Waals surface area contributed by atoms with Crippen molar-refractivity contribution < 1.29 is 14.3 Å². The van der Waals surface area contributed by atoms with E-state index < -0.39 is 6.10 Å². The zero-order chi connectivity index (χ0) is 15.5. The maximum Gasteiger partial charge on any atom is 0.226 e. The molecule has 2 aliphatic rings. The fraction of sp³-hybridized carbons (Fsp3) is 0.611. The minimum atomic E-state index is -0.531. The van der Waals surface area contributed by atoms with Gasteiger partial charge in [-0.1, -0.05) is 25.0 Å². The van der Waals surface area contributed by atoms with Crippen LogP contribution in [-0.4, -0.2) is 17.1 Å². The van der Waals surface area contributed by atoms with Crippen LogP contribution in [0.15, 0.2) is 24.3 Å². The molecule has 1 aromatic carbocycles. The van der Waals surface area contributed by atoms with E-state index in [9.17, 15) is 14.3 Å². The molecule has 120 valence electrons. The monoisotopic (exact) mass is 305 g/mol. The summed E-state index contributed by atoms with van der Waals surface area (Å²) in [5.41, 5.74) is 0.840. The first-order valence-corrected chi connectivity index (χ1v) is 8.39. The van der Waals surface area contributed by atoms with E-state index in [1.54, 1.807) is 6.07 Å². The van der Waals surface area contributed by atoms with Gasteiger partial charge in [-0.25, -0.2) is 4.39 Å². The van der Waals surface area contributed by atoms with Crippen LogP contribution in [0.2, 0.25) is 0 Å². The van der Waals surface area contributed by atoms with Crippen LogP contribution >= 0.6 is 0 Å². The van der Waals surface area contributed by atoms with Gasteiger partial charge in [-0.2, -0.15) is 0 Å². The van der Waals surface area contributed by atoms with E-state index in [2.05, 4.69) is 5.32 Å². The molecule has 2 aliphatic carbocycles. The highest BCUT2D eigenvalue weighted by Crippen LogP contribution is 2.37. The van der Waals surface area contributed by atoms with E-state index >= 15 is 0 Å². The van der Waals surface area contributed by atoms with Crippen molar-refractivity contribution in [1.82, 2.24) is 5.32 Å². The number of amides is 1. The third kappa shape index (κ3) is 3.32. The van der Waals surface area contributed by atoms with Crippen molar-refractivity contribution in [2.24, 2.45) is 11.8 Å². The zero-order valence-corrected chi connectivity index (χ0v) is 12.8. The first-order valence-electron chi connectivity index (χ1n) is 8.39. The van der Waals surface area contributed by atoms with E-state index in [0.29, 0.717) is 12.3 Å². The van der Waals surface area contributed by atoms with Crippen molar-refractivity contribution in [2.75, 3.05) is 0 Å². The van der Waals surface area contributed by atoms with Crippen molar-refractivity contribution in [3.05, 3.63) is 35.6 Å². The summed E-state index contributed by atoms with van der Waals surface area (Å²) >= 11 is 0. The second kappa shape index (κ2) is 6.78. The first kappa shape index (κ1) is 15.5. The largest absolute Gasteiger partial charge is 0.392 e. The third-order valence-electron chi connectivity index (χ3n) is 5.19. The van der Waals surface area contributed by atoms with Gasteiger partial charge in [-0.15, -0.1) is 0 Å². The number of carbonyl (C=O) groups excluding carboxylic acids is 1. The number of rotatable bonds is 4. The molecule has 3 unspecified atom stereocenters. The molecular weight excluding hydrogens is 281 g/mol. The second-order valence-electron chi connectivity index (χ2n) is 6.69. The molecule has 3 rings (SSSR count). The Labute approximate surface area is 130 Å². The van der Waals surface area contributed by atoms with Crippen molar-refractivity contribution in [2.45, 2.75) is 57.1 Å². The fourth-order valence-electron chi connectivity index (χ4n) is 3.97. The number of carbonyl (C=O) groups is 1. The van der Waals surface area contributed by atoms with Crippen LogP contribution in [0.3, 0.4) is 0 Å². The minimum Gasteiger partial charge on any atom is -0.392 e. The summed E-state index contributed by atoms with van der Waals surface area (Å²) in [4.78, 5) is 12.5. The molecule has 22 heavy (non-hydrogen) atoms. The molecule has 2 N–H and O–H groups in total. The molecule has 3 atom stereocenters. The van der Waals surface area contributed by atoms with Gasteiger partial charge < -0.3 is 10.4 Å². The molecular formula is C18H24FNO2. The van der Waals surface area contributed by atoms with Crippen LogP contribution < -0.4 is 5.32 Å². The lowest BCUT2D eigenvalue weighted by Crippen LogP contribution is -2.39. The van der Waals surface area contributed by atoms with Gasteiger partial charge in [-0.05, 0) is 55.7 Å². The van der Waals surface area contributed by atoms with Gasteiger partial charge in [0, 0.05) is 0 Å². The SMILES string of the molecule is O=C(NC(c1cccc(F)c1)C1CCCC1)C1CCCC1O. The zero-order valence-electron chi connectivity index (χ0n) is 12.8. The van der Waals surface area contributed by atoms with Gasteiger partial charge in [0.2, 0.25) is 5.91 Å². The van der Waals surface area contributed by atoms with E-state index in [1.807, 2.05) is 6.07 Å². The minimum absolute atomic E-state index is 0.0776. The normalized spacial score (nSPS) is 27.0. The smallest absolute Gasteiger partial charge is 0.226 e. The highest BCUT2D eigenvalue weighted by Gasteiger charge is 2.35. The average molecular weight is 305 g/mol. The van der Waals surface area contributed by atoms with Crippen molar-refractivity contribution in [3.63, 3.8) is 0 Å². The van der Waals surface area contributed by atoms with Gasteiger partial charge in [0.05, 0.1) is 18.1 Å². The van der Waals surface area contributed by atoms with Gasteiger partial charge in [0.25, 0.3) is 0 Å². The number of benzene rings is 1. The van der Waals surface area contributed by atoms with Crippen LogP contribution in [0.25, 0.3) is 0 Å². The predicted molar refractivity (Wildman–Crippen MR) is 82.6 cm³/mol. The number of halogens is 1. The van der Waals surface area contributed by atoms with Crippen LogP contribution in [0.5, 0.6) is 0 Å². The number of aliphatic hydroxyl groups excluding tert-OH is 1. The van der Waals surface area contributed by atoms with Crippen molar-refractivity contribution >= 4 is 5.91 Å². The standard InChI is InChI=1S/C18H24FNO2/c19-14-8-3-7-13(11-14)17(12-5-1-2-6-12)20-18(22)15-9-4-10-16(15)21/h3,7-8,11-12,15-17,21H,1-2,4-6,9-10H2,(H,20,22). The Morgan fingerprint density at radius 1 is 1.18 bits per heavy atom. The molecule has 4 heteroatoms. The highest BCUT2D eigenvalue weighted by atomic mass is 19.1. The fourth-order valence-corrected chi connectivity index (χ4v) is 3.97. The van der Waals surface area contributed by atoms with Gasteiger partial charge in [0.15, 0.2) is 0 Å². The van der Waals surface area contributed by atoms with Gasteiger partial charge in [0.1, 0.15) is 5.82 Å². The van der Waals surface area contributed by atoms with E-state index in [-0.39, 0.29) is 23.7 Å². The lowest BCUT2D eigenvalue weighted by Gasteiger charge is -2.27. The number of aliphatic hydroxyl groups is 1. The molecule has 0 heterocycles. The molecule has 0 aliphatic heterocycles. The van der Waals surface area contributed by atoms with Crippen molar-refractivity contribution in [1.29, 1.82) is 0 Å². The Bertz CT molecular complexity index is 528. The molecule has 3 nitrogen and oxygen atoms in total. The summed E-state index contributed by atoms with van der Waals surface area (Å²) < 4.78 is 13.6. The lowest BCUT2D eigenvalue weighted by atomic mass is 9.90. The molecule has 0 aromatic heterocycles. The molecule has 2 saturated carbocycles. The Morgan fingerprint density at radius 3 is 2.59 bits per heavy atom. The molecule has 1 amide bonds. The Kier molecular flexibility index (Phi) is 4.77. The summed E-state index contributed by atoms with van der Waals surface area (Å²) in [6.07, 6.45) is 6.27. The van der Waals surface area contributed by atoms with Gasteiger partial charge in [-0.3, -0.25) is 4.79 Å². The van der Waals surface area contributed by atoms with Crippen LogP contribution in [0.1, 0.15) is 56.6 Å². The first-order chi connectivity index (χ1) is 10.6. The molecule has 0 spiro atoms.